The van der Waals surface area contributed by atoms with Gasteiger partial charge in [-0.15, -0.1) is 10.2 Å². The van der Waals surface area contributed by atoms with Crippen molar-refractivity contribution in [3.8, 4) is 11.4 Å². The van der Waals surface area contributed by atoms with E-state index in [1.54, 1.807) is 31.2 Å². The lowest BCUT2D eigenvalue weighted by Gasteiger charge is -2.12. The number of aromatic nitrogens is 3. The van der Waals surface area contributed by atoms with Gasteiger partial charge >= 0.3 is 0 Å². The molecule has 0 saturated heterocycles. The molecule has 0 saturated carbocycles. The molecule has 0 aliphatic heterocycles. The summed E-state index contributed by atoms with van der Waals surface area (Å²) in [6, 6.07) is 6.42. The lowest BCUT2D eigenvalue weighted by atomic mass is 10.2. The summed E-state index contributed by atoms with van der Waals surface area (Å²) in [7, 11) is 0. The van der Waals surface area contributed by atoms with E-state index in [1.807, 2.05) is 6.92 Å². The van der Waals surface area contributed by atoms with Crippen molar-refractivity contribution >= 4 is 35.2 Å². The number of rotatable bonds is 7. The Labute approximate surface area is 154 Å². The number of hydrogen-bond acceptors (Lipinski definition) is 6. The third-order valence-corrected chi connectivity index (χ3v) is 4.42. The molecule has 0 unspecified atom stereocenters. The minimum atomic E-state index is -0.603. The van der Waals surface area contributed by atoms with Gasteiger partial charge in [-0.05, 0) is 38.1 Å². The summed E-state index contributed by atoms with van der Waals surface area (Å²) in [6.45, 7) is 3.95. The zero-order valence-corrected chi connectivity index (χ0v) is 15.4. The summed E-state index contributed by atoms with van der Waals surface area (Å²) in [4.78, 5) is 23.5. The van der Waals surface area contributed by atoms with Crippen LogP contribution in [0.15, 0.2) is 29.4 Å². The van der Waals surface area contributed by atoms with Gasteiger partial charge in [0.1, 0.15) is 6.04 Å². The zero-order valence-electron chi connectivity index (χ0n) is 13.8. The van der Waals surface area contributed by atoms with Gasteiger partial charge in [0.05, 0.1) is 5.75 Å². The molecule has 8 nitrogen and oxygen atoms in total. The fraction of sp³-hybridized carbons (Fsp3) is 0.333. The van der Waals surface area contributed by atoms with Crippen molar-refractivity contribution in [1.82, 2.24) is 25.5 Å². The summed E-state index contributed by atoms with van der Waals surface area (Å²) in [5.74, 6) is 6.01. The van der Waals surface area contributed by atoms with Crippen molar-refractivity contribution in [3.05, 3.63) is 29.3 Å². The van der Waals surface area contributed by atoms with Crippen LogP contribution < -0.4 is 16.5 Å². The average Bonchev–Trinajstić information content (AvgIpc) is 2.94. The Morgan fingerprint density at radius 1 is 1.32 bits per heavy atom. The highest BCUT2D eigenvalue weighted by atomic mass is 35.5. The third kappa shape index (κ3) is 5.10. The second-order valence-electron chi connectivity index (χ2n) is 5.16. The molecule has 25 heavy (non-hydrogen) atoms. The van der Waals surface area contributed by atoms with Crippen molar-refractivity contribution in [2.75, 3.05) is 18.1 Å². The van der Waals surface area contributed by atoms with Crippen molar-refractivity contribution in [3.63, 3.8) is 0 Å². The summed E-state index contributed by atoms with van der Waals surface area (Å²) in [5, 5.41) is 14.3. The molecule has 1 aromatic heterocycles. The predicted octanol–water partition coefficient (Wildman–Crippen LogP) is 1.05. The summed E-state index contributed by atoms with van der Waals surface area (Å²) in [6.07, 6.45) is 0. The van der Waals surface area contributed by atoms with Gasteiger partial charge < -0.3 is 16.5 Å². The third-order valence-electron chi connectivity index (χ3n) is 3.22. The molecule has 0 radical (unpaired) electrons. The van der Waals surface area contributed by atoms with Crippen molar-refractivity contribution < 1.29 is 9.59 Å². The van der Waals surface area contributed by atoms with Gasteiger partial charge in [-0.25, -0.2) is 4.68 Å². The number of carbonyl (C=O) groups is 2. The Balaban J connectivity index is 1.94. The highest BCUT2D eigenvalue weighted by molar-refractivity contribution is 7.99. The standard InChI is InChI=1S/C15H19ClN6O2S/c1-3-18-14(24)9(2)19-12(23)8-25-15-21-20-13(22(15)17)10-4-6-11(16)7-5-10/h4-7,9H,3,8,17H2,1-2H3,(H,18,24)(H,19,23)/t9-/m0/s1. The summed E-state index contributed by atoms with van der Waals surface area (Å²) in [5.41, 5.74) is 0.764. The number of nitrogen functional groups attached to an aromatic ring is 1. The first-order valence-electron chi connectivity index (χ1n) is 7.58. The van der Waals surface area contributed by atoms with E-state index < -0.39 is 6.04 Å². The Kier molecular flexibility index (Phi) is 6.65. The number of hydrogen-bond donors (Lipinski definition) is 3. The Morgan fingerprint density at radius 2 is 2.00 bits per heavy atom. The van der Waals surface area contributed by atoms with E-state index in [9.17, 15) is 9.59 Å². The molecule has 1 heterocycles. The van der Waals surface area contributed by atoms with Crippen molar-refractivity contribution in [2.24, 2.45) is 0 Å². The van der Waals surface area contributed by atoms with Crippen LogP contribution in [0.4, 0.5) is 0 Å². The quantitative estimate of drug-likeness (QED) is 0.487. The Morgan fingerprint density at radius 3 is 2.64 bits per heavy atom. The van der Waals surface area contributed by atoms with E-state index in [1.165, 1.54) is 4.68 Å². The zero-order chi connectivity index (χ0) is 18.4. The maximum absolute atomic E-state index is 11.9. The van der Waals surface area contributed by atoms with E-state index in [-0.39, 0.29) is 17.6 Å². The first kappa shape index (κ1) is 19.1. The smallest absolute Gasteiger partial charge is 0.242 e. The van der Waals surface area contributed by atoms with Gasteiger partial charge in [0.25, 0.3) is 0 Å². The van der Waals surface area contributed by atoms with Crippen LogP contribution >= 0.6 is 23.4 Å². The Hall–Kier alpha value is -2.26. The number of thioether (sulfide) groups is 1. The van der Waals surface area contributed by atoms with Crippen LogP contribution in [-0.4, -0.2) is 45.0 Å². The number of amides is 2. The molecule has 10 heteroatoms. The molecular formula is C15H19ClN6O2S. The van der Waals surface area contributed by atoms with Crippen LogP contribution in [0.25, 0.3) is 11.4 Å². The summed E-state index contributed by atoms with van der Waals surface area (Å²) >= 11 is 7.00. The van der Waals surface area contributed by atoms with Gasteiger partial charge in [0.15, 0.2) is 5.82 Å². The minimum absolute atomic E-state index is 0.0691. The monoisotopic (exact) mass is 382 g/mol. The van der Waals surface area contributed by atoms with Crippen LogP contribution in [0.3, 0.4) is 0 Å². The van der Waals surface area contributed by atoms with Gasteiger partial charge in [-0.3, -0.25) is 9.59 Å². The number of nitrogens with zero attached hydrogens (tertiary/aromatic N) is 3. The van der Waals surface area contributed by atoms with Crippen LogP contribution in [0.2, 0.25) is 5.02 Å². The van der Waals surface area contributed by atoms with Gasteiger partial charge in [0, 0.05) is 17.1 Å². The van der Waals surface area contributed by atoms with Gasteiger partial charge in [0.2, 0.25) is 17.0 Å². The fourth-order valence-corrected chi connectivity index (χ4v) is 2.77. The topological polar surface area (TPSA) is 115 Å². The molecule has 0 bridgehead atoms. The molecular weight excluding hydrogens is 364 g/mol. The largest absolute Gasteiger partial charge is 0.355 e. The van der Waals surface area contributed by atoms with E-state index >= 15 is 0 Å². The number of halogens is 1. The maximum atomic E-state index is 11.9. The van der Waals surface area contributed by atoms with E-state index in [0.717, 1.165) is 17.3 Å². The van der Waals surface area contributed by atoms with Crippen molar-refractivity contribution in [1.29, 1.82) is 0 Å². The lowest BCUT2D eigenvalue weighted by molar-refractivity contribution is -0.127. The predicted molar refractivity (Wildman–Crippen MR) is 97.6 cm³/mol. The number of benzene rings is 1. The molecule has 4 N–H and O–H groups in total. The number of nitrogens with two attached hydrogens (primary N) is 1. The van der Waals surface area contributed by atoms with Crippen molar-refractivity contribution in [2.45, 2.75) is 25.0 Å². The number of nitrogens with one attached hydrogen (secondary N) is 2. The number of likely N-dealkylation sites (N-methyl/N-ethyl adjacent to an activating group) is 1. The molecule has 1 aromatic carbocycles. The van der Waals surface area contributed by atoms with Crippen LogP contribution in [-0.2, 0) is 9.59 Å². The molecule has 134 valence electrons. The second kappa shape index (κ2) is 8.72. The summed E-state index contributed by atoms with van der Waals surface area (Å²) < 4.78 is 1.31. The van der Waals surface area contributed by atoms with E-state index in [4.69, 9.17) is 17.4 Å². The highest BCUT2D eigenvalue weighted by Gasteiger charge is 2.17. The second-order valence-corrected chi connectivity index (χ2v) is 6.53. The molecule has 0 aliphatic rings. The van der Waals surface area contributed by atoms with Gasteiger partial charge in [-0.2, -0.15) is 0 Å². The normalized spacial score (nSPS) is 11.8. The molecule has 0 fully saturated rings. The first-order chi connectivity index (χ1) is 11.9. The molecule has 1 atom stereocenters. The molecule has 2 rings (SSSR count). The molecule has 0 spiro atoms. The maximum Gasteiger partial charge on any atom is 0.242 e. The average molecular weight is 383 g/mol. The Bertz CT molecular complexity index is 749. The molecule has 0 aliphatic carbocycles. The highest BCUT2D eigenvalue weighted by Crippen LogP contribution is 2.22. The molecule has 2 aromatic rings. The van der Waals surface area contributed by atoms with E-state index in [0.29, 0.717) is 22.5 Å². The number of carbonyl (C=O) groups excluding carboxylic acids is 2. The minimum Gasteiger partial charge on any atom is -0.355 e. The van der Waals surface area contributed by atoms with Crippen LogP contribution in [0.5, 0.6) is 0 Å². The molecule has 2 amide bonds. The van der Waals surface area contributed by atoms with Gasteiger partial charge in [-0.1, -0.05) is 23.4 Å². The van der Waals surface area contributed by atoms with E-state index in [2.05, 4.69) is 20.8 Å². The lowest BCUT2D eigenvalue weighted by Crippen LogP contribution is -2.45. The first-order valence-corrected chi connectivity index (χ1v) is 8.95. The fourth-order valence-electron chi connectivity index (χ4n) is 1.98. The SMILES string of the molecule is CCNC(=O)[C@H](C)NC(=O)CSc1nnc(-c2ccc(Cl)cc2)n1N. The van der Waals surface area contributed by atoms with Crippen LogP contribution in [0.1, 0.15) is 13.8 Å². The van der Waals surface area contributed by atoms with Crippen LogP contribution in [0, 0.1) is 0 Å².